The number of allylic oxidation sites excluding steroid dienone is 1. The minimum absolute atomic E-state index is 0.0109. The fourth-order valence-electron chi connectivity index (χ4n) is 3.44. The molecule has 8 nitrogen and oxygen atoms in total. The van der Waals surface area contributed by atoms with Gasteiger partial charge in [-0.25, -0.2) is 9.67 Å². The molecule has 0 bridgehead atoms. The van der Waals surface area contributed by atoms with E-state index in [4.69, 9.17) is 16.3 Å². The van der Waals surface area contributed by atoms with Crippen molar-refractivity contribution in [3.8, 4) is 0 Å². The van der Waals surface area contributed by atoms with Crippen molar-refractivity contribution in [3.63, 3.8) is 0 Å². The third kappa shape index (κ3) is 5.21. The minimum atomic E-state index is -0.0926. The van der Waals surface area contributed by atoms with Gasteiger partial charge in [0.15, 0.2) is 5.82 Å². The molecule has 0 fully saturated rings. The molecule has 4 rings (SSSR count). The number of imidazole rings is 1. The molecule has 1 aliphatic rings. The van der Waals surface area contributed by atoms with Gasteiger partial charge in [0.05, 0.1) is 19.1 Å². The second-order valence-corrected chi connectivity index (χ2v) is 7.47. The highest BCUT2D eigenvalue weighted by atomic mass is 35.5. The molecule has 2 atom stereocenters. The monoisotopic (exact) mass is 413 g/mol. The van der Waals surface area contributed by atoms with E-state index in [2.05, 4.69) is 30.4 Å². The van der Waals surface area contributed by atoms with Gasteiger partial charge in [0.25, 0.3) is 0 Å². The number of rotatable bonds is 9. The minimum Gasteiger partial charge on any atom is -0.496 e. The maximum Gasteiger partial charge on any atom is 0.172 e. The quantitative estimate of drug-likeness (QED) is 0.543. The number of aryl methyl sites for hydroxylation is 1. The third-order valence-electron chi connectivity index (χ3n) is 4.94. The van der Waals surface area contributed by atoms with Crippen molar-refractivity contribution in [2.45, 2.75) is 44.5 Å². The van der Waals surface area contributed by atoms with Gasteiger partial charge >= 0.3 is 0 Å². The zero-order chi connectivity index (χ0) is 19.9. The zero-order valence-electron chi connectivity index (χ0n) is 16.1. The first-order chi connectivity index (χ1) is 14.3. The van der Waals surface area contributed by atoms with E-state index in [0.717, 1.165) is 43.7 Å². The molecule has 3 heterocycles. The number of ether oxygens (including phenoxy) is 1. The Balaban J connectivity index is 1.46. The van der Waals surface area contributed by atoms with E-state index >= 15 is 0 Å². The van der Waals surface area contributed by atoms with Gasteiger partial charge in [-0.3, -0.25) is 0 Å². The van der Waals surface area contributed by atoms with Crippen LogP contribution < -0.4 is 5.32 Å². The molecule has 0 spiro atoms. The predicted octanol–water partition coefficient (Wildman–Crippen LogP) is 2.99. The molecule has 152 valence electrons. The molecule has 29 heavy (non-hydrogen) atoms. The van der Waals surface area contributed by atoms with Crippen molar-refractivity contribution in [1.82, 2.24) is 35.1 Å². The van der Waals surface area contributed by atoms with E-state index in [1.807, 2.05) is 47.5 Å². The molecule has 3 aromatic rings. The molecule has 2 aromatic heterocycles. The molecule has 1 aliphatic heterocycles. The number of benzene rings is 1. The Kier molecular flexibility index (Phi) is 6.53. The van der Waals surface area contributed by atoms with Gasteiger partial charge in [-0.15, -0.1) is 5.10 Å². The molecular weight excluding hydrogens is 390 g/mol. The van der Waals surface area contributed by atoms with Gasteiger partial charge < -0.3 is 14.6 Å². The van der Waals surface area contributed by atoms with Crippen LogP contribution in [0.25, 0.3) is 0 Å². The van der Waals surface area contributed by atoms with Crippen LogP contribution in [0.5, 0.6) is 0 Å². The Bertz CT molecular complexity index is 907. The molecule has 0 aliphatic carbocycles. The molecule has 1 aromatic carbocycles. The van der Waals surface area contributed by atoms with Crippen LogP contribution in [0.3, 0.4) is 0 Å². The second kappa shape index (κ2) is 9.67. The van der Waals surface area contributed by atoms with Gasteiger partial charge in [-0.1, -0.05) is 23.7 Å². The maximum absolute atomic E-state index is 6.00. The maximum atomic E-state index is 6.00. The summed E-state index contributed by atoms with van der Waals surface area (Å²) in [4.78, 5) is 4.08. The van der Waals surface area contributed by atoms with Gasteiger partial charge in [0.2, 0.25) is 0 Å². The summed E-state index contributed by atoms with van der Waals surface area (Å²) in [6.45, 7) is 2.30. The molecule has 0 saturated carbocycles. The van der Waals surface area contributed by atoms with Crippen LogP contribution in [-0.4, -0.2) is 42.4 Å². The number of nitrogens with one attached hydrogen (secondary N) is 1. The average Bonchev–Trinajstić information content (AvgIpc) is 3.43. The van der Waals surface area contributed by atoms with Gasteiger partial charge in [-0.2, -0.15) is 0 Å². The summed E-state index contributed by atoms with van der Waals surface area (Å²) < 4.78 is 9.81. The Hall–Kier alpha value is -2.71. The van der Waals surface area contributed by atoms with Crippen LogP contribution in [0.15, 0.2) is 55.3 Å². The van der Waals surface area contributed by atoms with Crippen LogP contribution in [0.2, 0.25) is 5.02 Å². The van der Waals surface area contributed by atoms with Crippen molar-refractivity contribution in [1.29, 1.82) is 0 Å². The molecule has 0 saturated heterocycles. The average molecular weight is 414 g/mol. The van der Waals surface area contributed by atoms with Gasteiger partial charge in [0.1, 0.15) is 12.1 Å². The summed E-state index contributed by atoms with van der Waals surface area (Å²) in [7, 11) is 0. The first-order valence-electron chi connectivity index (χ1n) is 9.80. The largest absolute Gasteiger partial charge is 0.496 e. The Morgan fingerprint density at radius 1 is 1.28 bits per heavy atom. The molecule has 0 radical (unpaired) electrons. The summed E-state index contributed by atoms with van der Waals surface area (Å²) in [5.41, 5.74) is 1.09. The highest BCUT2D eigenvalue weighted by Crippen LogP contribution is 2.24. The first kappa shape index (κ1) is 19.6. The molecular formula is C20H24ClN7O. The summed E-state index contributed by atoms with van der Waals surface area (Å²) in [5, 5.41) is 16.8. The van der Waals surface area contributed by atoms with Crippen molar-refractivity contribution < 1.29 is 4.74 Å². The lowest BCUT2D eigenvalue weighted by atomic mass is 10.0. The zero-order valence-corrected chi connectivity index (χ0v) is 16.8. The fourth-order valence-corrected chi connectivity index (χ4v) is 3.56. The SMILES string of the molecule is Clc1ccc(Cn2nnnc2C(NCCCn2ccnc2)[C@@H]2CCC=CO2)cc1. The number of hydrogen-bond acceptors (Lipinski definition) is 6. The summed E-state index contributed by atoms with van der Waals surface area (Å²) in [5.74, 6) is 0.780. The fraction of sp³-hybridized carbons (Fsp3) is 0.400. The van der Waals surface area contributed by atoms with E-state index in [1.165, 1.54) is 0 Å². The van der Waals surface area contributed by atoms with Crippen molar-refractivity contribution >= 4 is 11.6 Å². The van der Waals surface area contributed by atoms with Crippen molar-refractivity contribution in [2.75, 3.05) is 6.54 Å². The number of halogens is 1. The Morgan fingerprint density at radius 3 is 2.93 bits per heavy atom. The highest BCUT2D eigenvalue weighted by molar-refractivity contribution is 6.30. The molecule has 1 unspecified atom stereocenters. The lowest BCUT2D eigenvalue weighted by Crippen LogP contribution is -2.37. The van der Waals surface area contributed by atoms with Crippen LogP contribution in [0.1, 0.15) is 36.7 Å². The standard InChI is InChI=1S/C20H24ClN7O/c21-17-7-5-16(6-8-17)14-28-20(24-25-26-28)19(18-4-1-2-13-29-18)23-9-3-11-27-12-10-22-15-27/h2,5-8,10,12-13,15,18-19,23H,1,3-4,9,11,14H2/t18-,19?/m0/s1. The van der Waals surface area contributed by atoms with Crippen molar-refractivity contribution in [2.24, 2.45) is 0 Å². The summed E-state index contributed by atoms with van der Waals surface area (Å²) in [6, 6.07) is 7.64. The van der Waals surface area contributed by atoms with Crippen molar-refractivity contribution in [3.05, 3.63) is 71.7 Å². The smallest absolute Gasteiger partial charge is 0.172 e. The molecule has 0 amide bonds. The second-order valence-electron chi connectivity index (χ2n) is 7.03. The number of hydrogen-bond donors (Lipinski definition) is 1. The number of aromatic nitrogens is 6. The van der Waals surface area contributed by atoms with E-state index in [0.29, 0.717) is 11.6 Å². The van der Waals surface area contributed by atoms with E-state index < -0.39 is 0 Å². The topological polar surface area (TPSA) is 82.7 Å². The molecule has 1 N–H and O–H groups in total. The summed E-state index contributed by atoms with van der Waals surface area (Å²) >= 11 is 6.00. The molecule has 9 heteroatoms. The predicted molar refractivity (Wildman–Crippen MR) is 109 cm³/mol. The summed E-state index contributed by atoms with van der Waals surface area (Å²) in [6.07, 6.45) is 12.3. The lowest BCUT2D eigenvalue weighted by molar-refractivity contribution is 0.0804. The first-order valence-corrected chi connectivity index (χ1v) is 10.2. The number of nitrogens with zero attached hydrogens (tertiary/aromatic N) is 6. The highest BCUT2D eigenvalue weighted by Gasteiger charge is 2.29. The van der Waals surface area contributed by atoms with Crippen LogP contribution in [-0.2, 0) is 17.8 Å². The van der Waals surface area contributed by atoms with Gasteiger partial charge in [-0.05, 0) is 60.0 Å². The lowest BCUT2D eigenvalue weighted by Gasteiger charge is -2.28. The van der Waals surface area contributed by atoms with Gasteiger partial charge in [0, 0.05) is 24.0 Å². The van der Waals surface area contributed by atoms with Crippen LogP contribution >= 0.6 is 11.6 Å². The normalized spacial score (nSPS) is 17.2. The van der Waals surface area contributed by atoms with E-state index in [-0.39, 0.29) is 12.1 Å². The van der Waals surface area contributed by atoms with E-state index in [9.17, 15) is 0 Å². The van der Waals surface area contributed by atoms with E-state index in [1.54, 1.807) is 12.5 Å². The van der Waals surface area contributed by atoms with Crippen LogP contribution in [0.4, 0.5) is 0 Å². The third-order valence-corrected chi connectivity index (χ3v) is 5.19. The Labute approximate surface area is 174 Å². The van der Waals surface area contributed by atoms with Crippen LogP contribution in [0, 0.1) is 0 Å². The Morgan fingerprint density at radius 2 is 2.17 bits per heavy atom. The number of tetrazole rings is 1.